The van der Waals surface area contributed by atoms with Gasteiger partial charge in [-0.05, 0) is 6.07 Å². The van der Waals surface area contributed by atoms with E-state index in [9.17, 15) is 18.0 Å². The zero-order valence-corrected chi connectivity index (χ0v) is 8.05. The van der Waals surface area contributed by atoms with E-state index in [2.05, 4.69) is 4.42 Å². The molecule has 1 N–H and O–H groups in total. The zero-order chi connectivity index (χ0) is 11.8. The zero-order valence-electron chi connectivity index (χ0n) is 8.05. The quantitative estimate of drug-likeness (QED) is 0.836. The standard InChI is InChI=1S/C9H9F3O3/c1-4(2)6-3-5(8(13)14)7(15-6)9(10,11)12/h3-4H,1-2H3,(H,13,14). The second-order valence-corrected chi connectivity index (χ2v) is 3.35. The van der Waals surface area contributed by atoms with Gasteiger partial charge in [-0.25, -0.2) is 4.79 Å². The molecule has 84 valence electrons. The minimum atomic E-state index is -4.78. The highest BCUT2D eigenvalue weighted by atomic mass is 19.4. The fourth-order valence-electron chi connectivity index (χ4n) is 1.06. The first-order valence-electron chi connectivity index (χ1n) is 4.17. The molecule has 15 heavy (non-hydrogen) atoms. The average molecular weight is 222 g/mol. The van der Waals surface area contributed by atoms with E-state index in [1.165, 1.54) is 0 Å². The number of rotatable bonds is 2. The monoisotopic (exact) mass is 222 g/mol. The number of hydrogen-bond donors (Lipinski definition) is 1. The molecule has 0 atom stereocenters. The van der Waals surface area contributed by atoms with Crippen molar-refractivity contribution < 1.29 is 27.5 Å². The lowest BCUT2D eigenvalue weighted by atomic mass is 10.1. The summed E-state index contributed by atoms with van der Waals surface area (Å²) in [4.78, 5) is 10.5. The average Bonchev–Trinajstić information content (AvgIpc) is 2.45. The topological polar surface area (TPSA) is 50.4 Å². The molecule has 0 aliphatic carbocycles. The summed E-state index contributed by atoms with van der Waals surface area (Å²) in [7, 11) is 0. The molecule has 0 aromatic carbocycles. The number of carbonyl (C=O) groups is 1. The molecule has 0 radical (unpaired) electrons. The summed E-state index contributed by atoms with van der Waals surface area (Å²) in [6.45, 7) is 3.23. The molecule has 0 spiro atoms. The fraction of sp³-hybridized carbons (Fsp3) is 0.444. The van der Waals surface area contributed by atoms with Crippen molar-refractivity contribution >= 4 is 5.97 Å². The van der Waals surface area contributed by atoms with Crippen LogP contribution in [0.5, 0.6) is 0 Å². The van der Waals surface area contributed by atoms with Crippen molar-refractivity contribution in [3.8, 4) is 0 Å². The van der Waals surface area contributed by atoms with Crippen LogP contribution in [0.4, 0.5) is 13.2 Å². The second kappa shape index (κ2) is 3.60. The SMILES string of the molecule is CC(C)c1cc(C(=O)O)c(C(F)(F)F)o1. The Labute approximate surface area is 83.5 Å². The molecule has 0 aliphatic heterocycles. The molecule has 1 heterocycles. The predicted molar refractivity (Wildman–Crippen MR) is 44.8 cm³/mol. The normalized spacial score (nSPS) is 12.1. The number of halogens is 3. The van der Waals surface area contributed by atoms with Gasteiger partial charge in [-0.15, -0.1) is 0 Å². The van der Waals surface area contributed by atoms with Crippen LogP contribution in [-0.4, -0.2) is 11.1 Å². The van der Waals surface area contributed by atoms with Gasteiger partial charge < -0.3 is 9.52 Å². The molecule has 1 rings (SSSR count). The first kappa shape index (κ1) is 11.6. The highest BCUT2D eigenvalue weighted by Gasteiger charge is 2.40. The Hall–Kier alpha value is -1.46. The molecule has 0 unspecified atom stereocenters. The van der Waals surface area contributed by atoms with Gasteiger partial charge in [-0.2, -0.15) is 13.2 Å². The second-order valence-electron chi connectivity index (χ2n) is 3.35. The van der Waals surface area contributed by atoms with Gasteiger partial charge in [-0.3, -0.25) is 0 Å². The van der Waals surface area contributed by atoms with Gasteiger partial charge in [0, 0.05) is 5.92 Å². The van der Waals surface area contributed by atoms with Crippen molar-refractivity contribution in [2.75, 3.05) is 0 Å². The molecule has 1 aromatic heterocycles. The Morgan fingerprint density at radius 2 is 2.00 bits per heavy atom. The number of carboxylic acids is 1. The predicted octanol–water partition coefficient (Wildman–Crippen LogP) is 3.12. The van der Waals surface area contributed by atoms with Crippen LogP contribution in [0.2, 0.25) is 0 Å². The van der Waals surface area contributed by atoms with Crippen LogP contribution in [0.3, 0.4) is 0 Å². The van der Waals surface area contributed by atoms with Crippen LogP contribution < -0.4 is 0 Å². The summed E-state index contributed by atoms with van der Waals surface area (Å²) >= 11 is 0. The maximum absolute atomic E-state index is 12.3. The van der Waals surface area contributed by atoms with E-state index in [-0.39, 0.29) is 11.7 Å². The molecule has 3 nitrogen and oxygen atoms in total. The maximum Gasteiger partial charge on any atom is 0.450 e. The van der Waals surface area contributed by atoms with Crippen LogP contribution in [0, 0.1) is 0 Å². The molecule has 0 aliphatic rings. The van der Waals surface area contributed by atoms with E-state index in [1.807, 2.05) is 0 Å². The highest BCUT2D eigenvalue weighted by molar-refractivity contribution is 5.89. The minimum Gasteiger partial charge on any atom is -0.478 e. The van der Waals surface area contributed by atoms with Crippen molar-refractivity contribution in [3.05, 3.63) is 23.2 Å². The summed E-state index contributed by atoms with van der Waals surface area (Å²) in [5.41, 5.74) is -0.841. The van der Waals surface area contributed by atoms with E-state index in [4.69, 9.17) is 5.11 Å². The van der Waals surface area contributed by atoms with Gasteiger partial charge >= 0.3 is 12.1 Å². The van der Waals surface area contributed by atoms with E-state index >= 15 is 0 Å². The van der Waals surface area contributed by atoms with Crippen molar-refractivity contribution in [1.82, 2.24) is 0 Å². The molecule has 0 saturated heterocycles. The number of aromatic carboxylic acids is 1. The van der Waals surface area contributed by atoms with Gasteiger partial charge in [-0.1, -0.05) is 13.8 Å². The summed E-state index contributed by atoms with van der Waals surface area (Å²) in [6.07, 6.45) is -4.78. The van der Waals surface area contributed by atoms with Gasteiger partial charge in [0.1, 0.15) is 11.3 Å². The third-order valence-corrected chi connectivity index (χ3v) is 1.81. The lowest BCUT2D eigenvalue weighted by Gasteiger charge is -2.03. The van der Waals surface area contributed by atoms with Crippen molar-refractivity contribution in [2.45, 2.75) is 25.9 Å². The van der Waals surface area contributed by atoms with Gasteiger partial charge in [0.25, 0.3) is 0 Å². The van der Waals surface area contributed by atoms with Crippen LogP contribution in [-0.2, 0) is 6.18 Å². The van der Waals surface area contributed by atoms with Gasteiger partial charge in [0.05, 0.1) is 0 Å². The summed E-state index contributed by atoms with van der Waals surface area (Å²) in [5, 5.41) is 8.56. The molecule has 1 aromatic rings. The summed E-state index contributed by atoms with van der Waals surface area (Å²) in [6, 6.07) is 0.913. The fourth-order valence-corrected chi connectivity index (χ4v) is 1.06. The smallest absolute Gasteiger partial charge is 0.450 e. The lowest BCUT2D eigenvalue weighted by molar-refractivity contribution is -0.154. The number of furan rings is 1. The van der Waals surface area contributed by atoms with Gasteiger partial charge in [0.2, 0.25) is 5.76 Å². The Bertz CT molecular complexity index is 376. The van der Waals surface area contributed by atoms with E-state index in [0.29, 0.717) is 0 Å². The molecule has 0 fully saturated rings. The highest BCUT2D eigenvalue weighted by Crippen LogP contribution is 2.35. The third kappa shape index (κ3) is 2.31. The van der Waals surface area contributed by atoms with Crippen molar-refractivity contribution in [3.63, 3.8) is 0 Å². The molecular formula is C9H9F3O3. The summed E-state index contributed by atoms with van der Waals surface area (Å²) in [5.74, 6) is -3.37. The maximum atomic E-state index is 12.3. The number of hydrogen-bond acceptors (Lipinski definition) is 2. The number of alkyl halides is 3. The summed E-state index contributed by atoms with van der Waals surface area (Å²) < 4.78 is 41.5. The van der Waals surface area contributed by atoms with Gasteiger partial charge in [0.15, 0.2) is 0 Å². The Morgan fingerprint density at radius 1 is 1.47 bits per heavy atom. The van der Waals surface area contributed by atoms with Crippen molar-refractivity contribution in [2.24, 2.45) is 0 Å². The minimum absolute atomic E-state index is 0.0136. The Morgan fingerprint density at radius 3 is 2.27 bits per heavy atom. The molecule has 6 heteroatoms. The molecular weight excluding hydrogens is 213 g/mol. The van der Waals surface area contributed by atoms with Crippen LogP contribution >= 0.6 is 0 Å². The third-order valence-electron chi connectivity index (χ3n) is 1.81. The Kier molecular flexibility index (Phi) is 2.79. The molecule has 0 amide bonds. The first-order valence-corrected chi connectivity index (χ1v) is 4.17. The van der Waals surface area contributed by atoms with Crippen LogP contribution in [0.25, 0.3) is 0 Å². The van der Waals surface area contributed by atoms with Crippen LogP contribution in [0.15, 0.2) is 10.5 Å². The van der Waals surface area contributed by atoms with Crippen molar-refractivity contribution in [1.29, 1.82) is 0 Å². The largest absolute Gasteiger partial charge is 0.478 e. The molecule has 0 saturated carbocycles. The van der Waals surface area contributed by atoms with E-state index in [0.717, 1.165) is 6.07 Å². The molecule has 0 bridgehead atoms. The van der Waals surface area contributed by atoms with E-state index in [1.54, 1.807) is 13.8 Å². The number of carboxylic acid groups (broad SMARTS) is 1. The van der Waals surface area contributed by atoms with E-state index < -0.39 is 23.5 Å². The first-order chi connectivity index (χ1) is 6.73. The van der Waals surface area contributed by atoms with Crippen LogP contribution in [0.1, 0.15) is 41.6 Å². The lowest BCUT2D eigenvalue weighted by Crippen LogP contribution is -2.09. The Balaban J connectivity index is 3.30.